The van der Waals surface area contributed by atoms with E-state index in [1.165, 1.54) is 12.5 Å². The van der Waals surface area contributed by atoms with E-state index >= 15 is 0 Å². The molecule has 3 amide bonds. The number of carbonyl (C=O) groups is 5. The van der Waals surface area contributed by atoms with E-state index in [1.807, 2.05) is 0 Å². The summed E-state index contributed by atoms with van der Waals surface area (Å²) in [7, 11) is 0. The number of nitrogens with two attached hydrogens (primary N) is 1. The normalized spacial score (nSPS) is 13.7. The van der Waals surface area contributed by atoms with Crippen molar-refractivity contribution in [1.29, 1.82) is 0 Å². The van der Waals surface area contributed by atoms with Gasteiger partial charge in [0.05, 0.1) is 12.4 Å². The topological polar surface area (TPSA) is 217 Å². The van der Waals surface area contributed by atoms with Crippen LogP contribution in [0.25, 0.3) is 0 Å². The number of aliphatic carboxylic acids is 2. The Balaban J connectivity index is 2.81. The summed E-state index contributed by atoms with van der Waals surface area (Å²) in [6.07, 6.45) is 2.43. The van der Waals surface area contributed by atoms with Crippen LogP contribution in [-0.2, 0) is 30.4 Å². The van der Waals surface area contributed by atoms with Crippen LogP contribution in [0.1, 0.15) is 32.4 Å². The predicted molar refractivity (Wildman–Crippen MR) is 106 cm³/mol. The maximum Gasteiger partial charge on any atom is 0.322 e. The molecule has 0 radical (unpaired) electrons. The Morgan fingerprint density at radius 1 is 1.06 bits per heavy atom. The molecular weight excluding hydrogens is 412 g/mol. The van der Waals surface area contributed by atoms with Crippen LogP contribution in [0.5, 0.6) is 0 Å². The molecule has 1 rings (SSSR count). The van der Waals surface area contributed by atoms with Gasteiger partial charge in [-0.3, -0.25) is 24.0 Å². The molecular formula is C18H28N6O7. The lowest BCUT2D eigenvalue weighted by atomic mass is 10.0. The molecule has 0 saturated heterocycles. The summed E-state index contributed by atoms with van der Waals surface area (Å²) in [6.45, 7) is 2.65. The van der Waals surface area contributed by atoms with Crippen molar-refractivity contribution in [2.75, 3.05) is 6.54 Å². The first-order chi connectivity index (χ1) is 14.5. The second kappa shape index (κ2) is 12.3. The highest BCUT2D eigenvalue weighted by Crippen LogP contribution is 2.06. The Labute approximate surface area is 178 Å². The van der Waals surface area contributed by atoms with Gasteiger partial charge < -0.3 is 36.9 Å². The maximum atomic E-state index is 12.7. The number of carboxylic acid groups (broad SMARTS) is 2. The minimum absolute atomic E-state index is 0.164. The highest BCUT2D eigenvalue weighted by molar-refractivity contribution is 5.94. The summed E-state index contributed by atoms with van der Waals surface area (Å²) >= 11 is 0. The van der Waals surface area contributed by atoms with Gasteiger partial charge in [0.2, 0.25) is 17.7 Å². The molecule has 3 atom stereocenters. The van der Waals surface area contributed by atoms with Crippen molar-refractivity contribution in [3.8, 4) is 0 Å². The molecule has 1 heterocycles. The van der Waals surface area contributed by atoms with Crippen LogP contribution in [0.4, 0.5) is 0 Å². The van der Waals surface area contributed by atoms with Crippen LogP contribution in [0.15, 0.2) is 12.5 Å². The number of rotatable bonds is 13. The van der Waals surface area contributed by atoms with Crippen molar-refractivity contribution in [2.45, 2.75) is 51.2 Å². The monoisotopic (exact) mass is 440 g/mol. The molecule has 8 N–H and O–H groups in total. The fourth-order valence-electron chi connectivity index (χ4n) is 2.61. The van der Waals surface area contributed by atoms with Gasteiger partial charge in [-0.1, -0.05) is 13.8 Å². The van der Waals surface area contributed by atoms with Gasteiger partial charge in [-0.15, -0.1) is 0 Å². The number of nitrogens with one attached hydrogen (secondary N) is 4. The maximum absolute atomic E-state index is 12.7. The van der Waals surface area contributed by atoms with Crippen molar-refractivity contribution in [2.24, 2.45) is 11.7 Å². The summed E-state index contributed by atoms with van der Waals surface area (Å²) in [4.78, 5) is 65.5. The predicted octanol–water partition coefficient (Wildman–Crippen LogP) is -2.03. The molecule has 3 unspecified atom stereocenters. The molecule has 172 valence electrons. The van der Waals surface area contributed by atoms with Crippen LogP contribution < -0.4 is 21.7 Å². The highest BCUT2D eigenvalue weighted by atomic mass is 16.4. The molecule has 0 aliphatic rings. The molecule has 0 spiro atoms. The Morgan fingerprint density at radius 2 is 1.74 bits per heavy atom. The van der Waals surface area contributed by atoms with Gasteiger partial charge in [0.15, 0.2) is 0 Å². The van der Waals surface area contributed by atoms with Crippen LogP contribution in [0.2, 0.25) is 0 Å². The van der Waals surface area contributed by atoms with E-state index in [4.69, 9.17) is 15.9 Å². The minimum atomic E-state index is -1.30. The zero-order chi connectivity index (χ0) is 23.6. The van der Waals surface area contributed by atoms with Gasteiger partial charge in [-0.05, 0) is 12.3 Å². The summed E-state index contributed by atoms with van der Waals surface area (Å²) in [5.41, 5.74) is 6.52. The highest BCUT2D eigenvalue weighted by Gasteiger charge is 2.30. The van der Waals surface area contributed by atoms with E-state index in [-0.39, 0.29) is 18.8 Å². The number of nitrogens with zero attached hydrogens (tertiary/aromatic N) is 1. The second-order valence-corrected chi connectivity index (χ2v) is 7.22. The van der Waals surface area contributed by atoms with Crippen molar-refractivity contribution in [3.63, 3.8) is 0 Å². The minimum Gasteiger partial charge on any atom is -0.481 e. The number of amides is 3. The zero-order valence-electron chi connectivity index (χ0n) is 17.3. The lowest BCUT2D eigenvalue weighted by Gasteiger charge is -2.26. The Bertz CT molecular complexity index is 780. The first-order valence-electron chi connectivity index (χ1n) is 9.56. The number of hydrogen-bond donors (Lipinski definition) is 7. The third-order valence-corrected chi connectivity index (χ3v) is 4.27. The van der Waals surface area contributed by atoms with Gasteiger partial charge >= 0.3 is 11.9 Å². The molecule has 1 aromatic rings. The van der Waals surface area contributed by atoms with Crippen LogP contribution in [-0.4, -0.2) is 74.5 Å². The van der Waals surface area contributed by atoms with Gasteiger partial charge in [0.1, 0.15) is 18.6 Å². The molecule has 0 aromatic carbocycles. The Hall–Kier alpha value is -3.48. The summed E-state index contributed by atoms with van der Waals surface area (Å²) in [5, 5.41) is 24.6. The van der Waals surface area contributed by atoms with E-state index in [2.05, 4.69) is 25.9 Å². The Morgan fingerprint density at radius 3 is 2.26 bits per heavy atom. The van der Waals surface area contributed by atoms with Crippen molar-refractivity contribution in [3.05, 3.63) is 18.2 Å². The third-order valence-electron chi connectivity index (χ3n) is 4.27. The van der Waals surface area contributed by atoms with E-state index in [0.29, 0.717) is 5.69 Å². The summed E-state index contributed by atoms with van der Waals surface area (Å²) < 4.78 is 0. The SMILES string of the molecule is CC(C)C(NC(=O)C(N)Cc1cnc[nH]1)C(=O)NC(CCC(=O)O)C(=O)NCC(=O)O. The van der Waals surface area contributed by atoms with Gasteiger partial charge in [0, 0.05) is 24.7 Å². The van der Waals surface area contributed by atoms with Crippen molar-refractivity contribution in [1.82, 2.24) is 25.9 Å². The molecule has 31 heavy (non-hydrogen) atoms. The van der Waals surface area contributed by atoms with E-state index < -0.39 is 60.8 Å². The molecule has 13 nitrogen and oxygen atoms in total. The smallest absolute Gasteiger partial charge is 0.322 e. The summed E-state index contributed by atoms with van der Waals surface area (Å²) in [5.74, 6) is -5.04. The van der Waals surface area contributed by atoms with Crippen LogP contribution in [0, 0.1) is 5.92 Å². The van der Waals surface area contributed by atoms with Crippen molar-refractivity contribution >= 4 is 29.7 Å². The molecule has 1 aromatic heterocycles. The van der Waals surface area contributed by atoms with Gasteiger partial charge in [-0.2, -0.15) is 0 Å². The molecule has 0 saturated carbocycles. The zero-order valence-corrected chi connectivity index (χ0v) is 17.3. The van der Waals surface area contributed by atoms with Crippen LogP contribution >= 0.6 is 0 Å². The molecule has 0 aliphatic carbocycles. The number of H-pyrrole nitrogens is 1. The van der Waals surface area contributed by atoms with Crippen molar-refractivity contribution < 1.29 is 34.2 Å². The Kier molecular flexibility index (Phi) is 10.1. The average molecular weight is 440 g/mol. The standard InChI is InChI=1S/C18H28N6O7/c1-9(2)15(24-16(29)11(19)5-10-6-20-8-22-10)18(31)23-12(3-4-13(25)26)17(30)21-7-14(27)28/h6,8-9,11-12,15H,3-5,7,19H2,1-2H3,(H,20,22)(H,21,30)(H,23,31)(H,24,29)(H,25,26)(H,27,28). The third kappa shape index (κ3) is 9.25. The van der Waals surface area contributed by atoms with E-state index in [1.54, 1.807) is 13.8 Å². The van der Waals surface area contributed by atoms with E-state index in [0.717, 1.165) is 0 Å². The largest absolute Gasteiger partial charge is 0.481 e. The fourth-order valence-corrected chi connectivity index (χ4v) is 2.61. The van der Waals surface area contributed by atoms with Gasteiger partial charge in [0.25, 0.3) is 0 Å². The number of hydrogen-bond acceptors (Lipinski definition) is 7. The number of imidazole rings is 1. The quantitative estimate of drug-likeness (QED) is 0.180. The summed E-state index contributed by atoms with van der Waals surface area (Å²) in [6, 6.07) is -3.31. The van der Waals surface area contributed by atoms with Gasteiger partial charge in [-0.25, -0.2) is 4.98 Å². The number of carbonyl (C=O) groups excluding carboxylic acids is 3. The molecule has 0 aliphatic heterocycles. The van der Waals surface area contributed by atoms with Crippen LogP contribution in [0.3, 0.4) is 0 Å². The number of carboxylic acids is 2. The second-order valence-electron chi connectivity index (χ2n) is 7.22. The lowest BCUT2D eigenvalue weighted by molar-refractivity contribution is -0.140. The lowest BCUT2D eigenvalue weighted by Crippen LogP contribution is -2.57. The van der Waals surface area contributed by atoms with E-state index in [9.17, 15) is 24.0 Å². The molecule has 0 bridgehead atoms. The first-order valence-corrected chi connectivity index (χ1v) is 9.56. The number of aromatic amines is 1. The average Bonchev–Trinajstić information content (AvgIpc) is 3.19. The molecule has 0 fully saturated rings. The number of aromatic nitrogens is 2. The fraction of sp³-hybridized carbons (Fsp3) is 0.556. The molecule has 13 heteroatoms. The first kappa shape index (κ1) is 25.6.